The fraction of sp³-hybridized carbons (Fsp3) is 0.333. The minimum atomic E-state index is 0.666. The van der Waals surface area contributed by atoms with Gasteiger partial charge in [-0.3, -0.25) is 0 Å². The molecule has 1 aromatic carbocycles. The Morgan fingerprint density at radius 1 is 1.22 bits per heavy atom. The van der Waals surface area contributed by atoms with E-state index in [9.17, 15) is 0 Å². The molecule has 0 aliphatic heterocycles. The van der Waals surface area contributed by atoms with E-state index in [0.717, 1.165) is 23.8 Å². The highest BCUT2D eigenvalue weighted by Gasteiger charge is 2.03. The SMILES string of the molecule is CC(C)CNCc1cccn1-c1cccc(Cl)c1. The molecule has 1 heterocycles. The lowest BCUT2D eigenvalue weighted by atomic mass is 10.2. The highest BCUT2D eigenvalue weighted by atomic mass is 35.5. The number of rotatable bonds is 5. The van der Waals surface area contributed by atoms with E-state index >= 15 is 0 Å². The van der Waals surface area contributed by atoms with Crippen molar-refractivity contribution in [2.24, 2.45) is 5.92 Å². The molecule has 18 heavy (non-hydrogen) atoms. The molecular formula is C15H19ClN2. The highest BCUT2D eigenvalue weighted by Crippen LogP contribution is 2.17. The normalized spacial score (nSPS) is 11.1. The van der Waals surface area contributed by atoms with Crippen LogP contribution in [0.5, 0.6) is 0 Å². The summed E-state index contributed by atoms with van der Waals surface area (Å²) < 4.78 is 2.17. The number of nitrogens with zero attached hydrogens (tertiary/aromatic N) is 1. The average Bonchev–Trinajstić information content (AvgIpc) is 2.77. The lowest BCUT2D eigenvalue weighted by Crippen LogP contribution is -2.20. The first-order valence-corrected chi connectivity index (χ1v) is 6.67. The van der Waals surface area contributed by atoms with Crippen molar-refractivity contribution < 1.29 is 0 Å². The van der Waals surface area contributed by atoms with Crippen LogP contribution in [-0.2, 0) is 6.54 Å². The van der Waals surface area contributed by atoms with E-state index in [-0.39, 0.29) is 0 Å². The van der Waals surface area contributed by atoms with Crippen LogP contribution < -0.4 is 5.32 Å². The average molecular weight is 263 g/mol. The Bertz CT molecular complexity index is 503. The molecule has 0 atom stereocenters. The molecule has 1 aromatic heterocycles. The Hall–Kier alpha value is -1.25. The molecule has 2 rings (SSSR count). The van der Waals surface area contributed by atoms with E-state index in [4.69, 9.17) is 11.6 Å². The number of aromatic nitrogens is 1. The zero-order chi connectivity index (χ0) is 13.0. The Kier molecular flexibility index (Phi) is 4.45. The maximum Gasteiger partial charge on any atom is 0.0467 e. The van der Waals surface area contributed by atoms with Crippen LogP contribution in [0.3, 0.4) is 0 Å². The topological polar surface area (TPSA) is 17.0 Å². The van der Waals surface area contributed by atoms with Crippen molar-refractivity contribution in [3.05, 3.63) is 53.3 Å². The maximum absolute atomic E-state index is 6.03. The van der Waals surface area contributed by atoms with Crippen LogP contribution in [0.15, 0.2) is 42.6 Å². The van der Waals surface area contributed by atoms with Gasteiger partial charge in [0.05, 0.1) is 0 Å². The van der Waals surface area contributed by atoms with Crippen molar-refractivity contribution in [2.45, 2.75) is 20.4 Å². The summed E-state index contributed by atoms with van der Waals surface area (Å²) in [7, 11) is 0. The molecule has 1 N–H and O–H groups in total. The Labute approximate surface area is 114 Å². The van der Waals surface area contributed by atoms with E-state index in [0.29, 0.717) is 5.92 Å². The summed E-state index contributed by atoms with van der Waals surface area (Å²) in [5.74, 6) is 0.666. The van der Waals surface area contributed by atoms with Crippen LogP contribution in [0, 0.1) is 5.92 Å². The monoisotopic (exact) mass is 262 g/mol. The molecule has 0 spiro atoms. The summed E-state index contributed by atoms with van der Waals surface area (Å²) in [6.07, 6.45) is 2.07. The van der Waals surface area contributed by atoms with Crippen molar-refractivity contribution >= 4 is 11.6 Å². The maximum atomic E-state index is 6.03. The summed E-state index contributed by atoms with van der Waals surface area (Å²) in [4.78, 5) is 0. The van der Waals surface area contributed by atoms with E-state index in [1.54, 1.807) is 0 Å². The molecule has 0 saturated heterocycles. The van der Waals surface area contributed by atoms with Gasteiger partial charge in [-0.25, -0.2) is 0 Å². The molecule has 3 heteroatoms. The van der Waals surface area contributed by atoms with E-state index < -0.39 is 0 Å². The predicted octanol–water partition coefficient (Wildman–Crippen LogP) is 3.88. The minimum absolute atomic E-state index is 0.666. The molecule has 0 bridgehead atoms. The lowest BCUT2D eigenvalue weighted by Gasteiger charge is -2.11. The third kappa shape index (κ3) is 3.37. The lowest BCUT2D eigenvalue weighted by molar-refractivity contribution is 0.545. The Balaban J connectivity index is 2.12. The predicted molar refractivity (Wildman–Crippen MR) is 77.3 cm³/mol. The van der Waals surface area contributed by atoms with E-state index in [1.807, 2.05) is 18.2 Å². The smallest absolute Gasteiger partial charge is 0.0467 e. The van der Waals surface area contributed by atoms with Crippen LogP contribution in [0.1, 0.15) is 19.5 Å². The van der Waals surface area contributed by atoms with Crippen molar-refractivity contribution in [1.82, 2.24) is 9.88 Å². The van der Waals surface area contributed by atoms with Crippen LogP contribution in [0.25, 0.3) is 5.69 Å². The molecule has 0 aliphatic rings. The molecule has 0 radical (unpaired) electrons. The summed E-state index contributed by atoms with van der Waals surface area (Å²) >= 11 is 6.03. The van der Waals surface area contributed by atoms with Gasteiger partial charge >= 0.3 is 0 Å². The fourth-order valence-electron chi connectivity index (χ4n) is 1.93. The zero-order valence-electron chi connectivity index (χ0n) is 10.9. The largest absolute Gasteiger partial charge is 0.320 e. The molecule has 0 fully saturated rings. The van der Waals surface area contributed by atoms with Gasteiger partial charge in [-0.05, 0) is 42.8 Å². The number of nitrogens with one attached hydrogen (secondary N) is 1. The van der Waals surface area contributed by atoms with Crippen LogP contribution in [0.2, 0.25) is 5.02 Å². The van der Waals surface area contributed by atoms with Crippen molar-refractivity contribution in [1.29, 1.82) is 0 Å². The van der Waals surface area contributed by atoms with Gasteiger partial charge < -0.3 is 9.88 Å². The number of halogens is 1. The minimum Gasteiger partial charge on any atom is -0.320 e. The number of hydrogen-bond acceptors (Lipinski definition) is 1. The highest BCUT2D eigenvalue weighted by molar-refractivity contribution is 6.30. The summed E-state index contributed by atoms with van der Waals surface area (Å²) in [5.41, 5.74) is 2.35. The number of benzene rings is 1. The van der Waals surface area contributed by atoms with E-state index in [2.05, 4.69) is 48.1 Å². The van der Waals surface area contributed by atoms with Crippen LogP contribution >= 0.6 is 11.6 Å². The van der Waals surface area contributed by atoms with Gasteiger partial charge in [0.25, 0.3) is 0 Å². The first kappa shape index (κ1) is 13.2. The van der Waals surface area contributed by atoms with Crippen LogP contribution in [0.4, 0.5) is 0 Å². The third-order valence-corrected chi connectivity index (χ3v) is 3.01. The molecular weight excluding hydrogens is 244 g/mol. The molecule has 0 saturated carbocycles. The van der Waals surface area contributed by atoms with Crippen molar-refractivity contribution in [3.8, 4) is 5.69 Å². The second-order valence-corrected chi connectivity index (χ2v) is 5.31. The zero-order valence-corrected chi connectivity index (χ0v) is 11.6. The summed E-state index contributed by atoms with van der Waals surface area (Å²) in [6.45, 7) is 6.32. The Morgan fingerprint density at radius 3 is 2.78 bits per heavy atom. The molecule has 0 amide bonds. The van der Waals surface area contributed by atoms with Crippen LogP contribution in [-0.4, -0.2) is 11.1 Å². The van der Waals surface area contributed by atoms with E-state index in [1.165, 1.54) is 5.69 Å². The van der Waals surface area contributed by atoms with Gasteiger partial charge in [0, 0.05) is 29.1 Å². The first-order chi connectivity index (χ1) is 8.66. The summed E-state index contributed by atoms with van der Waals surface area (Å²) in [6, 6.07) is 12.1. The first-order valence-electron chi connectivity index (χ1n) is 6.29. The molecule has 2 aromatic rings. The van der Waals surface area contributed by atoms with Crippen molar-refractivity contribution in [3.63, 3.8) is 0 Å². The molecule has 2 nitrogen and oxygen atoms in total. The second kappa shape index (κ2) is 6.07. The van der Waals surface area contributed by atoms with Gasteiger partial charge in [-0.15, -0.1) is 0 Å². The second-order valence-electron chi connectivity index (χ2n) is 4.87. The molecule has 0 aliphatic carbocycles. The Morgan fingerprint density at radius 2 is 2.06 bits per heavy atom. The van der Waals surface area contributed by atoms with Gasteiger partial charge in [-0.2, -0.15) is 0 Å². The standard InChI is InChI=1S/C15H19ClN2/c1-12(2)10-17-11-15-7-4-8-18(15)14-6-3-5-13(16)9-14/h3-9,12,17H,10-11H2,1-2H3. The quantitative estimate of drug-likeness (QED) is 0.865. The molecule has 0 unspecified atom stereocenters. The summed E-state index contributed by atoms with van der Waals surface area (Å²) in [5, 5.41) is 4.22. The van der Waals surface area contributed by atoms with Gasteiger partial charge in [0.15, 0.2) is 0 Å². The van der Waals surface area contributed by atoms with Gasteiger partial charge in [-0.1, -0.05) is 31.5 Å². The van der Waals surface area contributed by atoms with Crippen molar-refractivity contribution in [2.75, 3.05) is 6.54 Å². The molecule has 96 valence electrons. The third-order valence-electron chi connectivity index (χ3n) is 2.78. The number of hydrogen-bond donors (Lipinski definition) is 1. The van der Waals surface area contributed by atoms with Gasteiger partial charge in [0.2, 0.25) is 0 Å². The van der Waals surface area contributed by atoms with Gasteiger partial charge in [0.1, 0.15) is 0 Å². The fourth-order valence-corrected chi connectivity index (χ4v) is 2.11.